The molecule has 0 saturated carbocycles. The zero-order chi connectivity index (χ0) is 15.9. The van der Waals surface area contributed by atoms with Gasteiger partial charge in [-0.1, -0.05) is 26.0 Å². The maximum Gasteiger partial charge on any atom is 0.349 e. The van der Waals surface area contributed by atoms with Crippen molar-refractivity contribution in [3.05, 3.63) is 54.1 Å². The molecule has 0 heterocycles. The minimum absolute atomic E-state index is 0.132. The van der Waals surface area contributed by atoms with Gasteiger partial charge >= 0.3 is 5.97 Å². The molecule has 2 rings (SSSR count). The van der Waals surface area contributed by atoms with Crippen LogP contribution in [0.15, 0.2) is 48.5 Å². The van der Waals surface area contributed by atoms with Crippen molar-refractivity contribution in [2.75, 3.05) is 13.7 Å². The Hall–Kier alpha value is -2.49. The molecule has 0 radical (unpaired) electrons. The zero-order valence-electron chi connectivity index (χ0n) is 13.0. The van der Waals surface area contributed by atoms with Crippen LogP contribution in [0, 0.1) is 0 Å². The Bertz CT molecular complexity index is 600. The number of carbonyl (C=O) groups is 1. The number of methoxy groups -OCH3 is 1. The first-order valence-corrected chi connectivity index (χ1v) is 7.16. The first kappa shape index (κ1) is 15.9. The summed E-state index contributed by atoms with van der Waals surface area (Å²) in [5.74, 6) is 1.84. The maximum atomic E-state index is 11.7. The van der Waals surface area contributed by atoms with Gasteiger partial charge in [-0.3, -0.25) is 0 Å². The van der Waals surface area contributed by atoms with Crippen molar-refractivity contribution < 1.29 is 19.0 Å². The summed E-state index contributed by atoms with van der Waals surface area (Å²) in [6.07, 6.45) is 0. The van der Waals surface area contributed by atoms with E-state index < -0.39 is 5.97 Å². The molecule has 4 nitrogen and oxygen atoms in total. The third-order valence-electron chi connectivity index (χ3n) is 3.19. The summed E-state index contributed by atoms with van der Waals surface area (Å²) in [5.41, 5.74) is 1.23. The van der Waals surface area contributed by atoms with Gasteiger partial charge in [-0.05, 0) is 47.9 Å². The second kappa shape index (κ2) is 7.50. The molecule has 0 fully saturated rings. The molecule has 0 saturated heterocycles. The van der Waals surface area contributed by atoms with Crippen LogP contribution in [-0.4, -0.2) is 19.7 Å². The second-order valence-corrected chi connectivity index (χ2v) is 5.16. The molecule has 0 unspecified atom stereocenters. The normalized spacial score (nSPS) is 10.4. The SMILES string of the molecule is COc1ccc(OC(=O)COc2ccc(C(C)C)cc2)cc1. The van der Waals surface area contributed by atoms with Crippen molar-refractivity contribution in [3.8, 4) is 17.2 Å². The van der Waals surface area contributed by atoms with Crippen molar-refractivity contribution >= 4 is 5.97 Å². The van der Waals surface area contributed by atoms with Crippen LogP contribution in [0.1, 0.15) is 25.3 Å². The molecule has 0 aliphatic carbocycles. The summed E-state index contributed by atoms with van der Waals surface area (Å²) in [6.45, 7) is 4.12. The maximum absolute atomic E-state index is 11.7. The Morgan fingerprint density at radius 3 is 2.00 bits per heavy atom. The van der Waals surface area contributed by atoms with Crippen molar-refractivity contribution in [3.63, 3.8) is 0 Å². The number of esters is 1. The smallest absolute Gasteiger partial charge is 0.349 e. The van der Waals surface area contributed by atoms with Crippen LogP contribution in [0.5, 0.6) is 17.2 Å². The Labute approximate surface area is 130 Å². The summed E-state index contributed by atoms with van der Waals surface area (Å²) in [4.78, 5) is 11.7. The molecule has 4 heteroatoms. The van der Waals surface area contributed by atoms with Crippen LogP contribution >= 0.6 is 0 Å². The van der Waals surface area contributed by atoms with E-state index >= 15 is 0 Å². The fraction of sp³-hybridized carbons (Fsp3) is 0.278. The second-order valence-electron chi connectivity index (χ2n) is 5.16. The van der Waals surface area contributed by atoms with Gasteiger partial charge < -0.3 is 14.2 Å². The van der Waals surface area contributed by atoms with Crippen molar-refractivity contribution in [2.45, 2.75) is 19.8 Å². The van der Waals surface area contributed by atoms with Gasteiger partial charge in [0.1, 0.15) is 17.2 Å². The van der Waals surface area contributed by atoms with Gasteiger partial charge in [-0.25, -0.2) is 4.79 Å². The molecule has 2 aromatic rings. The molecule has 0 aliphatic rings. The van der Waals surface area contributed by atoms with E-state index in [1.807, 2.05) is 24.3 Å². The molecule has 0 aromatic heterocycles. The molecule has 0 spiro atoms. The van der Waals surface area contributed by atoms with Gasteiger partial charge in [0.25, 0.3) is 0 Å². The van der Waals surface area contributed by atoms with Crippen LogP contribution in [0.4, 0.5) is 0 Å². The van der Waals surface area contributed by atoms with Crippen molar-refractivity contribution in [2.24, 2.45) is 0 Å². The quantitative estimate of drug-likeness (QED) is 0.601. The van der Waals surface area contributed by atoms with Gasteiger partial charge in [0.2, 0.25) is 0 Å². The summed E-state index contributed by atoms with van der Waals surface area (Å²) in [5, 5.41) is 0. The van der Waals surface area contributed by atoms with Gasteiger partial charge in [0, 0.05) is 0 Å². The Morgan fingerprint density at radius 2 is 1.45 bits per heavy atom. The summed E-state index contributed by atoms with van der Waals surface area (Å²) in [6, 6.07) is 14.5. The highest BCUT2D eigenvalue weighted by atomic mass is 16.6. The minimum Gasteiger partial charge on any atom is -0.497 e. The standard InChI is InChI=1S/C18H20O4/c1-13(2)14-4-6-16(7-5-14)21-12-18(19)22-17-10-8-15(20-3)9-11-17/h4-11,13H,12H2,1-3H3. The Kier molecular flexibility index (Phi) is 5.42. The van der Waals surface area contributed by atoms with Gasteiger partial charge in [-0.15, -0.1) is 0 Å². The molecular formula is C18H20O4. The van der Waals surface area contributed by atoms with E-state index in [0.29, 0.717) is 23.2 Å². The van der Waals surface area contributed by atoms with Crippen LogP contribution in [0.3, 0.4) is 0 Å². The van der Waals surface area contributed by atoms with Crippen molar-refractivity contribution in [1.82, 2.24) is 0 Å². The Balaban J connectivity index is 1.84. The highest BCUT2D eigenvalue weighted by Gasteiger charge is 2.07. The Morgan fingerprint density at radius 1 is 0.909 bits per heavy atom. The van der Waals surface area contributed by atoms with E-state index in [1.165, 1.54) is 5.56 Å². The molecule has 0 atom stereocenters. The number of ether oxygens (including phenoxy) is 3. The molecule has 0 bridgehead atoms. The average Bonchev–Trinajstić information content (AvgIpc) is 2.54. The van der Waals surface area contributed by atoms with E-state index in [-0.39, 0.29) is 6.61 Å². The van der Waals surface area contributed by atoms with Gasteiger partial charge in [0.05, 0.1) is 7.11 Å². The number of rotatable bonds is 6. The average molecular weight is 300 g/mol. The third-order valence-corrected chi connectivity index (χ3v) is 3.19. The first-order chi connectivity index (χ1) is 10.6. The molecular weight excluding hydrogens is 280 g/mol. The lowest BCUT2D eigenvalue weighted by molar-refractivity contribution is -0.136. The summed E-state index contributed by atoms with van der Waals surface area (Å²) >= 11 is 0. The number of hydrogen-bond acceptors (Lipinski definition) is 4. The van der Waals surface area contributed by atoms with Crippen LogP contribution in [-0.2, 0) is 4.79 Å². The van der Waals surface area contributed by atoms with E-state index in [9.17, 15) is 4.79 Å². The van der Waals surface area contributed by atoms with Crippen LogP contribution in [0.2, 0.25) is 0 Å². The molecule has 0 aliphatic heterocycles. The summed E-state index contributed by atoms with van der Waals surface area (Å²) < 4.78 is 15.6. The topological polar surface area (TPSA) is 44.8 Å². The fourth-order valence-electron chi connectivity index (χ4n) is 1.90. The highest BCUT2D eigenvalue weighted by Crippen LogP contribution is 2.19. The minimum atomic E-state index is -0.446. The molecule has 0 amide bonds. The monoisotopic (exact) mass is 300 g/mol. The summed E-state index contributed by atoms with van der Waals surface area (Å²) in [7, 11) is 1.58. The van der Waals surface area contributed by atoms with Gasteiger partial charge in [-0.2, -0.15) is 0 Å². The van der Waals surface area contributed by atoms with Gasteiger partial charge in [0.15, 0.2) is 6.61 Å². The predicted molar refractivity (Wildman–Crippen MR) is 84.7 cm³/mol. The van der Waals surface area contributed by atoms with E-state index in [4.69, 9.17) is 14.2 Å². The first-order valence-electron chi connectivity index (χ1n) is 7.16. The van der Waals surface area contributed by atoms with E-state index in [0.717, 1.165) is 0 Å². The lowest BCUT2D eigenvalue weighted by atomic mass is 10.0. The number of carbonyl (C=O) groups excluding carboxylic acids is 1. The largest absolute Gasteiger partial charge is 0.497 e. The molecule has 2 aromatic carbocycles. The lowest BCUT2D eigenvalue weighted by Crippen LogP contribution is -2.17. The fourth-order valence-corrected chi connectivity index (χ4v) is 1.90. The molecule has 22 heavy (non-hydrogen) atoms. The predicted octanol–water partition coefficient (Wildman–Crippen LogP) is 3.80. The van der Waals surface area contributed by atoms with Crippen LogP contribution in [0.25, 0.3) is 0 Å². The number of hydrogen-bond donors (Lipinski definition) is 0. The number of benzene rings is 2. The zero-order valence-corrected chi connectivity index (χ0v) is 13.0. The van der Waals surface area contributed by atoms with Crippen molar-refractivity contribution in [1.29, 1.82) is 0 Å². The lowest BCUT2D eigenvalue weighted by Gasteiger charge is -2.09. The van der Waals surface area contributed by atoms with Crippen LogP contribution < -0.4 is 14.2 Å². The van der Waals surface area contributed by atoms with E-state index in [2.05, 4.69) is 13.8 Å². The molecule has 116 valence electrons. The highest BCUT2D eigenvalue weighted by molar-refractivity contribution is 5.74. The molecule has 0 N–H and O–H groups in total. The third kappa shape index (κ3) is 4.52. The van der Waals surface area contributed by atoms with E-state index in [1.54, 1.807) is 31.4 Å².